The molecule has 0 atom stereocenters. The van der Waals surface area contributed by atoms with Gasteiger partial charge in [0.15, 0.2) is 5.69 Å². The van der Waals surface area contributed by atoms with E-state index in [1.807, 2.05) is 11.6 Å². The molecule has 1 aromatic heterocycles. The molecule has 26 heavy (non-hydrogen) atoms. The Morgan fingerprint density at radius 3 is 2.65 bits per heavy atom. The summed E-state index contributed by atoms with van der Waals surface area (Å²) in [7, 11) is 0. The van der Waals surface area contributed by atoms with E-state index in [9.17, 15) is 4.79 Å². The van der Waals surface area contributed by atoms with Crippen molar-refractivity contribution in [2.24, 2.45) is 0 Å². The summed E-state index contributed by atoms with van der Waals surface area (Å²) in [6.07, 6.45) is 2.05. The Morgan fingerprint density at radius 1 is 1.27 bits per heavy atom. The summed E-state index contributed by atoms with van der Waals surface area (Å²) in [5.41, 5.74) is 2.56. The van der Waals surface area contributed by atoms with Crippen LogP contribution in [-0.2, 0) is 0 Å². The first-order valence-electron chi connectivity index (χ1n) is 8.75. The summed E-state index contributed by atoms with van der Waals surface area (Å²) in [6.45, 7) is 6.59. The van der Waals surface area contributed by atoms with Gasteiger partial charge in [0, 0.05) is 17.2 Å². The standard InChI is InChI=1S/C18H25N5OS.ClH/c1-13-3-5-16(6-4-13)25-12-11-20-18(24)17-14(2)23(22-21-17)15-7-9-19-10-8-15;/h3-6,15,19H,7-12H2,1-2H3,(H,20,24);1H. The number of carbonyl (C=O) groups is 1. The van der Waals surface area contributed by atoms with Gasteiger partial charge < -0.3 is 10.6 Å². The molecule has 1 fully saturated rings. The van der Waals surface area contributed by atoms with Crippen molar-refractivity contribution in [2.75, 3.05) is 25.4 Å². The molecule has 2 heterocycles. The van der Waals surface area contributed by atoms with Crippen LogP contribution in [0, 0.1) is 13.8 Å². The van der Waals surface area contributed by atoms with E-state index in [1.165, 1.54) is 10.5 Å². The van der Waals surface area contributed by atoms with Crippen LogP contribution in [0.1, 0.15) is 40.6 Å². The number of carbonyl (C=O) groups excluding carboxylic acids is 1. The van der Waals surface area contributed by atoms with Gasteiger partial charge in [-0.15, -0.1) is 29.3 Å². The predicted molar refractivity (Wildman–Crippen MR) is 107 cm³/mol. The van der Waals surface area contributed by atoms with Crippen molar-refractivity contribution in [1.82, 2.24) is 25.6 Å². The average Bonchev–Trinajstić information content (AvgIpc) is 3.02. The Labute approximate surface area is 164 Å². The van der Waals surface area contributed by atoms with Crippen LogP contribution in [0.4, 0.5) is 0 Å². The third-order valence-electron chi connectivity index (χ3n) is 4.47. The van der Waals surface area contributed by atoms with Gasteiger partial charge in [0.1, 0.15) is 0 Å². The van der Waals surface area contributed by atoms with Gasteiger partial charge >= 0.3 is 0 Å². The Kier molecular flexibility index (Phi) is 7.93. The summed E-state index contributed by atoms with van der Waals surface area (Å²) < 4.78 is 1.91. The van der Waals surface area contributed by atoms with Crippen molar-refractivity contribution in [3.8, 4) is 0 Å². The van der Waals surface area contributed by atoms with Gasteiger partial charge in [0.2, 0.25) is 0 Å². The average molecular weight is 396 g/mol. The highest BCUT2D eigenvalue weighted by atomic mass is 35.5. The second-order valence-corrected chi connectivity index (χ2v) is 7.53. The Balaban J connectivity index is 0.00000243. The number of nitrogens with one attached hydrogen (secondary N) is 2. The maximum absolute atomic E-state index is 12.4. The molecule has 0 saturated carbocycles. The third kappa shape index (κ3) is 5.22. The molecule has 0 unspecified atom stereocenters. The Morgan fingerprint density at radius 2 is 1.96 bits per heavy atom. The molecule has 3 rings (SSSR count). The predicted octanol–water partition coefficient (Wildman–Crippen LogP) is 2.76. The van der Waals surface area contributed by atoms with Crippen LogP contribution in [0.3, 0.4) is 0 Å². The minimum absolute atomic E-state index is 0. The number of aromatic nitrogens is 3. The number of hydrogen-bond donors (Lipinski definition) is 2. The summed E-state index contributed by atoms with van der Waals surface area (Å²) in [6, 6.07) is 8.76. The molecule has 1 aliphatic rings. The first kappa shape index (κ1) is 20.7. The number of thioether (sulfide) groups is 1. The summed E-state index contributed by atoms with van der Waals surface area (Å²) in [5.74, 6) is 0.693. The molecule has 1 saturated heterocycles. The van der Waals surface area contributed by atoms with E-state index in [-0.39, 0.29) is 18.3 Å². The highest BCUT2D eigenvalue weighted by Crippen LogP contribution is 2.20. The molecule has 0 aliphatic carbocycles. The molecule has 142 valence electrons. The van der Waals surface area contributed by atoms with Crippen LogP contribution in [0.25, 0.3) is 0 Å². The lowest BCUT2D eigenvalue weighted by atomic mass is 10.1. The van der Waals surface area contributed by atoms with E-state index < -0.39 is 0 Å². The first-order valence-corrected chi connectivity index (χ1v) is 9.74. The van der Waals surface area contributed by atoms with Gasteiger partial charge in [-0.1, -0.05) is 22.9 Å². The van der Waals surface area contributed by atoms with Gasteiger partial charge in [-0.3, -0.25) is 4.79 Å². The lowest BCUT2D eigenvalue weighted by Gasteiger charge is -2.23. The lowest BCUT2D eigenvalue weighted by molar-refractivity contribution is 0.0950. The number of piperidine rings is 1. The Bertz CT molecular complexity index is 713. The van der Waals surface area contributed by atoms with Crippen LogP contribution in [0.2, 0.25) is 0 Å². The molecule has 0 bridgehead atoms. The molecule has 1 aromatic carbocycles. The van der Waals surface area contributed by atoms with Gasteiger partial charge in [-0.25, -0.2) is 4.68 Å². The largest absolute Gasteiger partial charge is 0.350 e. The van der Waals surface area contributed by atoms with Crippen LogP contribution < -0.4 is 10.6 Å². The fraction of sp³-hybridized carbons (Fsp3) is 0.500. The molecular weight excluding hydrogens is 370 g/mol. The van der Waals surface area contributed by atoms with Crippen LogP contribution in [0.5, 0.6) is 0 Å². The topological polar surface area (TPSA) is 71.8 Å². The number of benzene rings is 1. The summed E-state index contributed by atoms with van der Waals surface area (Å²) >= 11 is 1.74. The molecule has 6 nitrogen and oxygen atoms in total. The van der Waals surface area contributed by atoms with Crippen molar-refractivity contribution >= 4 is 30.1 Å². The second kappa shape index (κ2) is 9.94. The van der Waals surface area contributed by atoms with Crippen molar-refractivity contribution in [3.63, 3.8) is 0 Å². The second-order valence-electron chi connectivity index (χ2n) is 6.37. The zero-order valence-electron chi connectivity index (χ0n) is 15.2. The monoisotopic (exact) mass is 395 g/mol. The van der Waals surface area contributed by atoms with Gasteiger partial charge in [-0.2, -0.15) is 0 Å². The highest BCUT2D eigenvalue weighted by molar-refractivity contribution is 7.99. The normalized spacial score (nSPS) is 14.7. The van der Waals surface area contributed by atoms with Crippen molar-refractivity contribution in [2.45, 2.75) is 37.6 Å². The lowest BCUT2D eigenvalue weighted by Crippen LogP contribution is -2.30. The molecule has 2 aromatic rings. The van der Waals surface area contributed by atoms with Crippen LogP contribution in [0.15, 0.2) is 29.2 Å². The number of hydrogen-bond acceptors (Lipinski definition) is 5. The quantitative estimate of drug-likeness (QED) is 0.581. The first-order chi connectivity index (χ1) is 12.1. The van der Waals surface area contributed by atoms with Gasteiger partial charge in [-0.05, 0) is 51.9 Å². The van der Waals surface area contributed by atoms with E-state index in [1.54, 1.807) is 11.8 Å². The molecule has 0 spiro atoms. The SMILES string of the molecule is Cc1ccc(SCCNC(=O)c2nnn(C3CCNCC3)c2C)cc1.Cl. The maximum Gasteiger partial charge on any atom is 0.273 e. The van der Waals surface area contributed by atoms with Crippen molar-refractivity contribution < 1.29 is 4.79 Å². The van der Waals surface area contributed by atoms with Gasteiger partial charge in [0.05, 0.1) is 11.7 Å². The highest BCUT2D eigenvalue weighted by Gasteiger charge is 2.22. The zero-order chi connectivity index (χ0) is 17.6. The molecule has 1 amide bonds. The molecule has 0 radical (unpaired) electrons. The maximum atomic E-state index is 12.4. The molecule has 2 N–H and O–H groups in total. The molecule has 1 aliphatic heterocycles. The van der Waals surface area contributed by atoms with E-state index in [4.69, 9.17) is 0 Å². The molecule has 8 heteroatoms. The Hall–Kier alpha value is -1.57. The fourth-order valence-electron chi connectivity index (χ4n) is 3.00. The zero-order valence-corrected chi connectivity index (χ0v) is 16.8. The van der Waals surface area contributed by atoms with E-state index in [2.05, 4.69) is 52.1 Å². The van der Waals surface area contributed by atoms with Crippen molar-refractivity contribution in [3.05, 3.63) is 41.2 Å². The van der Waals surface area contributed by atoms with E-state index in [0.29, 0.717) is 18.3 Å². The fourth-order valence-corrected chi connectivity index (χ4v) is 3.77. The minimum Gasteiger partial charge on any atom is -0.350 e. The third-order valence-corrected chi connectivity index (χ3v) is 5.49. The van der Waals surface area contributed by atoms with Crippen molar-refractivity contribution in [1.29, 1.82) is 0 Å². The summed E-state index contributed by atoms with van der Waals surface area (Å²) in [4.78, 5) is 13.6. The number of aryl methyl sites for hydroxylation is 1. The minimum atomic E-state index is -0.137. The number of nitrogens with zero attached hydrogens (tertiary/aromatic N) is 3. The van der Waals surface area contributed by atoms with Crippen LogP contribution in [-0.4, -0.2) is 46.3 Å². The number of rotatable bonds is 6. The van der Waals surface area contributed by atoms with Gasteiger partial charge in [0.25, 0.3) is 5.91 Å². The smallest absolute Gasteiger partial charge is 0.273 e. The van der Waals surface area contributed by atoms with E-state index in [0.717, 1.165) is 37.4 Å². The number of halogens is 1. The summed E-state index contributed by atoms with van der Waals surface area (Å²) in [5, 5.41) is 14.6. The van der Waals surface area contributed by atoms with Crippen LogP contribution >= 0.6 is 24.2 Å². The van der Waals surface area contributed by atoms with E-state index >= 15 is 0 Å². The molecular formula is C18H26ClN5OS. The number of amides is 1.